The highest BCUT2D eigenvalue weighted by Gasteiger charge is 2.14. The zero-order valence-electron chi connectivity index (χ0n) is 19.6. The minimum Gasteiger partial charge on any atom is -0.490 e. The van der Waals surface area contributed by atoms with Crippen molar-refractivity contribution in [1.82, 2.24) is 4.98 Å². The van der Waals surface area contributed by atoms with E-state index >= 15 is 0 Å². The molecule has 1 heterocycles. The highest BCUT2D eigenvalue weighted by molar-refractivity contribution is 5.72. The molecule has 0 N–H and O–H groups in total. The minimum absolute atomic E-state index is 0.378. The van der Waals surface area contributed by atoms with Crippen LogP contribution in [0.25, 0.3) is 11.1 Å². The fraction of sp³-hybridized carbons (Fsp3) is 0.167. The van der Waals surface area contributed by atoms with Crippen LogP contribution in [0.2, 0.25) is 0 Å². The maximum Gasteiger partial charge on any atom is 0.225 e. The summed E-state index contributed by atoms with van der Waals surface area (Å²) >= 11 is 0. The maximum atomic E-state index is 6.16. The van der Waals surface area contributed by atoms with Gasteiger partial charge in [-0.05, 0) is 34.9 Å². The topological polar surface area (TPSA) is 49.8 Å². The van der Waals surface area contributed by atoms with Crippen LogP contribution in [0.4, 0.5) is 0 Å². The van der Waals surface area contributed by atoms with E-state index in [1.54, 1.807) is 7.11 Å². The van der Waals surface area contributed by atoms with E-state index in [0.717, 1.165) is 22.3 Å². The first-order valence-electron chi connectivity index (χ1n) is 11.3. The van der Waals surface area contributed by atoms with Crippen LogP contribution in [-0.4, -0.2) is 25.3 Å². The first-order chi connectivity index (χ1) is 17.3. The second kappa shape index (κ2) is 12.3. The van der Waals surface area contributed by atoms with Crippen molar-refractivity contribution >= 4 is 0 Å². The molecule has 0 aliphatic carbocycles. The van der Waals surface area contributed by atoms with Gasteiger partial charge in [-0.15, -0.1) is 6.42 Å². The molecular weight excluding hydrogens is 438 g/mol. The molecule has 0 saturated carbocycles. The van der Waals surface area contributed by atoms with E-state index in [1.165, 1.54) is 0 Å². The van der Waals surface area contributed by atoms with Crippen molar-refractivity contribution in [3.63, 3.8) is 0 Å². The normalized spacial score (nSPS) is 10.4. The third-order valence-corrected chi connectivity index (χ3v) is 5.27. The van der Waals surface area contributed by atoms with Crippen LogP contribution in [0.15, 0.2) is 91.0 Å². The molecule has 0 radical (unpaired) electrons. The summed E-state index contributed by atoms with van der Waals surface area (Å²) in [6, 6.07) is 29.4. The fourth-order valence-corrected chi connectivity index (χ4v) is 3.46. The van der Waals surface area contributed by atoms with E-state index in [9.17, 15) is 0 Å². The molecule has 0 amide bonds. The lowest BCUT2D eigenvalue weighted by Gasteiger charge is -2.15. The Labute approximate surface area is 206 Å². The summed E-state index contributed by atoms with van der Waals surface area (Å²) in [7, 11) is 1.63. The van der Waals surface area contributed by atoms with Gasteiger partial charge in [0.2, 0.25) is 11.8 Å². The number of ether oxygens (including phenoxy) is 4. The first kappa shape index (κ1) is 23.9. The Kier molecular flexibility index (Phi) is 8.37. The van der Waals surface area contributed by atoms with Crippen LogP contribution in [0.3, 0.4) is 0 Å². The van der Waals surface area contributed by atoms with Gasteiger partial charge in [0.05, 0.1) is 12.2 Å². The van der Waals surface area contributed by atoms with E-state index in [1.807, 2.05) is 91.0 Å². The Hall–Kier alpha value is -4.27. The number of nitrogens with zero attached hydrogens (tertiary/aromatic N) is 1. The number of hydrogen-bond acceptors (Lipinski definition) is 5. The Morgan fingerprint density at radius 2 is 1.43 bits per heavy atom. The van der Waals surface area contributed by atoms with Gasteiger partial charge in [0.15, 0.2) is 0 Å². The van der Waals surface area contributed by atoms with Gasteiger partial charge in [0.1, 0.15) is 25.6 Å². The Balaban J connectivity index is 1.61. The van der Waals surface area contributed by atoms with E-state index in [0.29, 0.717) is 49.5 Å². The maximum absolute atomic E-state index is 6.16. The Bertz CT molecular complexity index is 1270. The summed E-state index contributed by atoms with van der Waals surface area (Å²) in [5, 5.41) is 0. The molecule has 0 saturated heterocycles. The number of hydrogen-bond donors (Lipinski definition) is 0. The highest BCUT2D eigenvalue weighted by Crippen LogP contribution is 2.34. The SMILES string of the molecule is C#Cc1cc(-c2ccc(OCc3ccccc3)nc2OCc2ccccc2)ccc1OCCOC. The minimum atomic E-state index is 0.378. The monoisotopic (exact) mass is 465 g/mol. The standard InChI is InChI=1S/C30H27NO4/c1-3-25-20-26(14-16-28(25)33-19-18-32-2)27-15-17-29(34-21-23-10-6-4-7-11-23)31-30(27)35-22-24-12-8-5-9-13-24/h1,4-17,20H,18-19,21-22H2,2H3. The summed E-state index contributed by atoms with van der Waals surface area (Å²) in [4.78, 5) is 4.67. The van der Waals surface area contributed by atoms with Crippen molar-refractivity contribution in [2.45, 2.75) is 13.2 Å². The van der Waals surface area contributed by atoms with Gasteiger partial charge in [-0.25, -0.2) is 0 Å². The average molecular weight is 466 g/mol. The van der Waals surface area contributed by atoms with Gasteiger partial charge in [0.25, 0.3) is 0 Å². The molecular formula is C30H27NO4. The van der Waals surface area contributed by atoms with Crippen LogP contribution in [0, 0.1) is 12.3 Å². The third kappa shape index (κ3) is 6.63. The number of aromatic nitrogens is 1. The molecule has 0 fully saturated rings. The molecule has 35 heavy (non-hydrogen) atoms. The molecule has 0 spiro atoms. The largest absolute Gasteiger partial charge is 0.490 e. The molecule has 0 atom stereocenters. The lowest BCUT2D eigenvalue weighted by Crippen LogP contribution is -2.05. The molecule has 4 aromatic rings. The quantitative estimate of drug-likeness (QED) is 0.203. The van der Waals surface area contributed by atoms with Crippen LogP contribution < -0.4 is 14.2 Å². The van der Waals surface area contributed by atoms with Crippen molar-refractivity contribution in [3.8, 4) is 41.0 Å². The summed E-state index contributed by atoms with van der Waals surface area (Å²) in [5.41, 5.74) is 4.45. The number of pyridine rings is 1. The second-order valence-corrected chi connectivity index (χ2v) is 7.75. The Morgan fingerprint density at radius 3 is 2.09 bits per heavy atom. The number of rotatable bonds is 11. The molecule has 1 aromatic heterocycles. The Morgan fingerprint density at radius 1 is 0.743 bits per heavy atom. The summed E-state index contributed by atoms with van der Waals surface area (Å²) in [6.45, 7) is 1.70. The van der Waals surface area contributed by atoms with Gasteiger partial charge in [-0.3, -0.25) is 0 Å². The molecule has 4 rings (SSSR count). The van der Waals surface area contributed by atoms with E-state index in [-0.39, 0.29) is 0 Å². The number of terminal acetylenes is 1. The van der Waals surface area contributed by atoms with Gasteiger partial charge in [0, 0.05) is 18.7 Å². The van der Waals surface area contributed by atoms with Crippen LogP contribution in [0.5, 0.6) is 17.5 Å². The molecule has 0 unspecified atom stereocenters. The first-order valence-corrected chi connectivity index (χ1v) is 11.3. The number of benzene rings is 3. The van der Waals surface area contributed by atoms with Crippen molar-refractivity contribution in [1.29, 1.82) is 0 Å². The molecule has 176 valence electrons. The number of methoxy groups -OCH3 is 1. The fourth-order valence-electron chi connectivity index (χ4n) is 3.46. The van der Waals surface area contributed by atoms with Crippen LogP contribution in [0.1, 0.15) is 16.7 Å². The van der Waals surface area contributed by atoms with Gasteiger partial charge in [-0.1, -0.05) is 72.7 Å². The highest BCUT2D eigenvalue weighted by atomic mass is 16.5. The molecule has 0 aliphatic heterocycles. The zero-order chi connectivity index (χ0) is 24.3. The van der Waals surface area contributed by atoms with Gasteiger partial charge >= 0.3 is 0 Å². The molecule has 0 aliphatic rings. The molecule has 3 aromatic carbocycles. The van der Waals surface area contributed by atoms with E-state index in [4.69, 9.17) is 25.4 Å². The van der Waals surface area contributed by atoms with E-state index in [2.05, 4.69) is 10.9 Å². The zero-order valence-corrected chi connectivity index (χ0v) is 19.6. The van der Waals surface area contributed by atoms with E-state index < -0.39 is 0 Å². The lowest BCUT2D eigenvalue weighted by molar-refractivity contribution is 0.146. The van der Waals surface area contributed by atoms with Crippen LogP contribution >= 0.6 is 0 Å². The van der Waals surface area contributed by atoms with Crippen molar-refractivity contribution < 1.29 is 18.9 Å². The summed E-state index contributed by atoms with van der Waals surface area (Å²) in [5.74, 6) is 4.29. The van der Waals surface area contributed by atoms with Gasteiger partial charge in [-0.2, -0.15) is 4.98 Å². The van der Waals surface area contributed by atoms with Crippen molar-refractivity contribution in [2.75, 3.05) is 20.3 Å². The second-order valence-electron chi connectivity index (χ2n) is 7.75. The lowest BCUT2D eigenvalue weighted by atomic mass is 10.0. The van der Waals surface area contributed by atoms with Gasteiger partial charge < -0.3 is 18.9 Å². The molecule has 0 bridgehead atoms. The molecule has 5 heteroatoms. The summed E-state index contributed by atoms with van der Waals surface area (Å²) in [6.07, 6.45) is 5.77. The van der Waals surface area contributed by atoms with Crippen LogP contribution in [-0.2, 0) is 18.0 Å². The third-order valence-electron chi connectivity index (χ3n) is 5.27. The summed E-state index contributed by atoms with van der Waals surface area (Å²) < 4.78 is 22.9. The predicted octanol–water partition coefficient (Wildman–Crippen LogP) is 5.91. The smallest absolute Gasteiger partial charge is 0.225 e. The predicted molar refractivity (Wildman–Crippen MR) is 137 cm³/mol. The van der Waals surface area contributed by atoms with Crippen molar-refractivity contribution in [2.24, 2.45) is 0 Å². The van der Waals surface area contributed by atoms with Crippen molar-refractivity contribution in [3.05, 3.63) is 108 Å². The average Bonchev–Trinajstić information content (AvgIpc) is 2.92. The molecule has 5 nitrogen and oxygen atoms in total.